The van der Waals surface area contributed by atoms with Crippen molar-refractivity contribution in [3.63, 3.8) is 0 Å². The number of likely N-dealkylation sites (tertiary alicyclic amines) is 1. The summed E-state index contributed by atoms with van der Waals surface area (Å²) in [6.07, 6.45) is 0. The molecule has 0 aliphatic carbocycles. The van der Waals surface area contributed by atoms with Gasteiger partial charge in [-0.1, -0.05) is 18.2 Å². The Labute approximate surface area is 179 Å². The second kappa shape index (κ2) is 8.60. The lowest BCUT2D eigenvalue weighted by atomic mass is 9.94. The molecule has 4 rings (SSSR count). The van der Waals surface area contributed by atoms with E-state index in [9.17, 15) is 19.1 Å². The zero-order chi connectivity index (χ0) is 22.1. The summed E-state index contributed by atoms with van der Waals surface area (Å²) >= 11 is 0. The van der Waals surface area contributed by atoms with Gasteiger partial charge in [-0.2, -0.15) is 5.10 Å². The van der Waals surface area contributed by atoms with Crippen LogP contribution in [0.1, 0.15) is 28.6 Å². The third-order valence-electron chi connectivity index (χ3n) is 5.87. The number of aliphatic hydroxyl groups excluding tert-OH is 1. The van der Waals surface area contributed by atoms with Crippen LogP contribution in [0.4, 0.5) is 4.39 Å². The molecule has 2 N–H and O–H groups in total. The summed E-state index contributed by atoms with van der Waals surface area (Å²) < 4.78 is 20.2. The monoisotopic (exact) mass is 428 g/mol. The first-order valence-corrected chi connectivity index (χ1v) is 10.2. The number of ketones is 1. The molecule has 164 valence electrons. The van der Waals surface area contributed by atoms with Gasteiger partial charge in [0.15, 0.2) is 0 Å². The Hall–Kier alpha value is -3.04. The van der Waals surface area contributed by atoms with Gasteiger partial charge in [-0.3, -0.25) is 19.6 Å². The molecule has 2 aliphatic rings. The van der Waals surface area contributed by atoms with Crippen molar-refractivity contribution in [3.8, 4) is 0 Å². The molecule has 1 amide bonds. The zero-order valence-electron chi connectivity index (χ0n) is 17.5. The fourth-order valence-corrected chi connectivity index (χ4v) is 4.24. The number of amides is 1. The van der Waals surface area contributed by atoms with Crippen molar-refractivity contribution < 1.29 is 23.8 Å². The highest BCUT2D eigenvalue weighted by Gasteiger charge is 2.47. The fourth-order valence-electron chi connectivity index (χ4n) is 4.24. The quantitative estimate of drug-likeness (QED) is 0.429. The van der Waals surface area contributed by atoms with Crippen LogP contribution in [0.15, 0.2) is 29.8 Å². The van der Waals surface area contributed by atoms with E-state index in [-0.39, 0.29) is 23.4 Å². The van der Waals surface area contributed by atoms with Crippen molar-refractivity contribution in [2.24, 2.45) is 0 Å². The number of benzene rings is 1. The lowest BCUT2D eigenvalue weighted by Gasteiger charge is -2.31. The van der Waals surface area contributed by atoms with E-state index in [0.717, 1.165) is 13.1 Å². The first kappa shape index (κ1) is 21.2. The average Bonchev–Trinajstić information content (AvgIpc) is 3.23. The number of hydrogen-bond acceptors (Lipinski definition) is 6. The minimum Gasteiger partial charge on any atom is -0.507 e. The van der Waals surface area contributed by atoms with Crippen LogP contribution in [0.25, 0.3) is 5.76 Å². The number of ether oxygens (including phenoxy) is 1. The standard InChI is InChI=1S/C22H25FN4O4/c1-13-17(14(2)25-24-13)20(28)18-19(15-5-3-4-6-16(15)23)27(22(30)21(18)29)8-7-26-9-11-31-12-10-26/h3-6,19,28H,7-12H2,1-2H3,(H,24,25)/b20-18+/t19-/m0/s1. The predicted octanol–water partition coefficient (Wildman–Crippen LogP) is 1.92. The van der Waals surface area contributed by atoms with E-state index in [2.05, 4.69) is 15.1 Å². The van der Waals surface area contributed by atoms with Crippen LogP contribution in [0, 0.1) is 19.7 Å². The molecule has 1 atom stereocenters. The van der Waals surface area contributed by atoms with Gasteiger partial charge in [0.2, 0.25) is 0 Å². The number of halogens is 1. The van der Waals surface area contributed by atoms with Gasteiger partial charge in [0.25, 0.3) is 11.7 Å². The third-order valence-corrected chi connectivity index (χ3v) is 5.87. The summed E-state index contributed by atoms with van der Waals surface area (Å²) in [5, 5.41) is 17.9. The molecule has 1 aromatic heterocycles. The molecule has 0 bridgehead atoms. The van der Waals surface area contributed by atoms with Crippen molar-refractivity contribution >= 4 is 17.4 Å². The van der Waals surface area contributed by atoms with Crippen LogP contribution >= 0.6 is 0 Å². The lowest BCUT2D eigenvalue weighted by molar-refractivity contribution is -0.140. The van der Waals surface area contributed by atoms with Crippen molar-refractivity contribution in [2.75, 3.05) is 39.4 Å². The summed E-state index contributed by atoms with van der Waals surface area (Å²) in [4.78, 5) is 29.5. The zero-order valence-corrected chi connectivity index (χ0v) is 17.5. The summed E-state index contributed by atoms with van der Waals surface area (Å²) in [6.45, 7) is 6.80. The molecule has 2 fully saturated rings. The molecule has 0 saturated carbocycles. The summed E-state index contributed by atoms with van der Waals surface area (Å²) in [5.41, 5.74) is 1.45. The van der Waals surface area contributed by atoms with E-state index in [0.29, 0.717) is 36.7 Å². The second-order valence-electron chi connectivity index (χ2n) is 7.78. The van der Waals surface area contributed by atoms with Crippen molar-refractivity contribution in [1.29, 1.82) is 0 Å². The average molecular weight is 428 g/mol. The fraction of sp³-hybridized carbons (Fsp3) is 0.409. The van der Waals surface area contributed by atoms with Gasteiger partial charge < -0.3 is 14.7 Å². The molecule has 2 aromatic rings. The number of nitrogens with zero attached hydrogens (tertiary/aromatic N) is 3. The van der Waals surface area contributed by atoms with Crippen molar-refractivity contribution in [1.82, 2.24) is 20.0 Å². The first-order chi connectivity index (χ1) is 14.9. The first-order valence-electron chi connectivity index (χ1n) is 10.2. The lowest BCUT2D eigenvalue weighted by Crippen LogP contribution is -2.42. The van der Waals surface area contributed by atoms with Crippen molar-refractivity contribution in [2.45, 2.75) is 19.9 Å². The second-order valence-corrected chi connectivity index (χ2v) is 7.78. The Morgan fingerprint density at radius 1 is 1.23 bits per heavy atom. The molecule has 0 radical (unpaired) electrons. The Balaban J connectivity index is 1.78. The number of aliphatic hydroxyl groups is 1. The number of carbonyl (C=O) groups is 2. The number of nitrogens with one attached hydrogen (secondary N) is 1. The molecule has 3 heterocycles. The highest BCUT2D eigenvalue weighted by Crippen LogP contribution is 2.40. The van der Waals surface area contributed by atoms with Crippen LogP contribution in [0.2, 0.25) is 0 Å². The molecule has 2 aliphatic heterocycles. The molecule has 9 heteroatoms. The van der Waals surface area contributed by atoms with E-state index < -0.39 is 23.5 Å². The van der Waals surface area contributed by atoms with Gasteiger partial charge in [-0.05, 0) is 19.9 Å². The number of H-pyrrole nitrogens is 1. The van der Waals surface area contributed by atoms with Crippen LogP contribution in [0.3, 0.4) is 0 Å². The Morgan fingerprint density at radius 3 is 2.58 bits per heavy atom. The number of hydrogen-bond donors (Lipinski definition) is 2. The molecular formula is C22H25FN4O4. The Morgan fingerprint density at radius 2 is 1.94 bits per heavy atom. The maximum Gasteiger partial charge on any atom is 0.295 e. The van der Waals surface area contributed by atoms with Gasteiger partial charge >= 0.3 is 0 Å². The largest absolute Gasteiger partial charge is 0.507 e. The van der Waals surface area contributed by atoms with Crippen LogP contribution in [-0.4, -0.2) is 76.2 Å². The molecule has 31 heavy (non-hydrogen) atoms. The highest BCUT2D eigenvalue weighted by molar-refractivity contribution is 6.46. The highest BCUT2D eigenvalue weighted by atomic mass is 19.1. The van der Waals surface area contributed by atoms with E-state index in [1.165, 1.54) is 17.0 Å². The third kappa shape index (κ3) is 3.86. The van der Waals surface area contributed by atoms with Gasteiger partial charge in [0.1, 0.15) is 11.6 Å². The van der Waals surface area contributed by atoms with Crippen LogP contribution in [-0.2, 0) is 14.3 Å². The predicted molar refractivity (Wildman–Crippen MR) is 111 cm³/mol. The van der Waals surface area contributed by atoms with E-state index in [1.807, 2.05) is 0 Å². The molecule has 0 spiro atoms. The van der Waals surface area contributed by atoms with Crippen LogP contribution in [0.5, 0.6) is 0 Å². The number of morpholine rings is 1. The van der Waals surface area contributed by atoms with Gasteiger partial charge in [-0.15, -0.1) is 0 Å². The summed E-state index contributed by atoms with van der Waals surface area (Å²) in [5.74, 6) is -2.46. The van der Waals surface area contributed by atoms with E-state index in [4.69, 9.17) is 4.74 Å². The van der Waals surface area contributed by atoms with Gasteiger partial charge in [0.05, 0.1) is 36.1 Å². The number of aryl methyl sites for hydroxylation is 2. The van der Waals surface area contributed by atoms with Crippen molar-refractivity contribution in [3.05, 3.63) is 58.2 Å². The SMILES string of the molecule is Cc1n[nH]c(C)c1/C(O)=C1\C(=O)C(=O)N(CCN2CCOCC2)[C@H]1c1ccccc1F. The normalized spacial score (nSPS) is 21.8. The topological polar surface area (TPSA) is 98.8 Å². The number of rotatable bonds is 5. The number of aromatic nitrogens is 2. The van der Waals surface area contributed by atoms with Gasteiger partial charge in [0, 0.05) is 37.4 Å². The molecule has 0 unspecified atom stereocenters. The number of Topliss-reactive ketones (excluding diaryl/α,β-unsaturated/α-hetero) is 1. The number of carbonyl (C=O) groups excluding carboxylic acids is 2. The molecule has 2 saturated heterocycles. The Kier molecular flexibility index (Phi) is 5.88. The van der Waals surface area contributed by atoms with Crippen LogP contribution < -0.4 is 0 Å². The van der Waals surface area contributed by atoms with E-state index in [1.54, 1.807) is 26.0 Å². The number of aromatic amines is 1. The molecular weight excluding hydrogens is 403 g/mol. The Bertz CT molecular complexity index is 1020. The summed E-state index contributed by atoms with van der Waals surface area (Å²) in [7, 11) is 0. The molecule has 1 aromatic carbocycles. The van der Waals surface area contributed by atoms with Gasteiger partial charge in [-0.25, -0.2) is 4.39 Å². The summed E-state index contributed by atoms with van der Waals surface area (Å²) in [6, 6.07) is 5.00. The smallest absolute Gasteiger partial charge is 0.295 e. The maximum atomic E-state index is 14.8. The minimum absolute atomic E-state index is 0.121. The van der Waals surface area contributed by atoms with E-state index >= 15 is 0 Å². The molecule has 8 nitrogen and oxygen atoms in total. The minimum atomic E-state index is -1.02. The maximum absolute atomic E-state index is 14.8.